The molecule has 3 unspecified atom stereocenters. The standard InChI is InChI=1S/C18H30O3S/c1-13(2)10-14(3)11-15(4)12-16(5)17-6-8-18(9-7-17)22(19,20)21/h6-9,13-16H,10-12H2,1-5H3,(H,19,20,21). The van der Waals surface area contributed by atoms with Gasteiger partial charge in [-0.1, -0.05) is 46.8 Å². The van der Waals surface area contributed by atoms with Gasteiger partial charge in [-0.15, -0.1) is 0 Å². The molecule has 0 amide bonds. The molecule has 1 aromatic carbocycles. The van der Waals surface area contributed by atoms with E-state index < -0.39 is 10.1 Å². The monoisotopic (exact) mass is 326 g/mol. The van der Waals surface area contributed by atoms with Gasteiger partial charge in [0, 0.05) is 0 Å². The highest BCUT2D eigenvalue weighted by Gasteiger charge is 2.16. The predicted molar refractivity (Wildman–Crippen MR) is 91.7 cm³/mol. The molecule has 0 aliphatic heterocycles. The van der Waals surface area contributed by atoms with Crippen LogP contribution in [0.1, 0.15) is 65.4 Å². The Balaban J connectivity index is 2.59. The summed E-state index contributed by atoms with van der Waals surface area (Å²) < 4.78 is 31.1. The van der Waals surface area contributed by atoms with Crippen molar-refractivity contribution in [3.8, 4) is 0 Å². The molecule has 1 aromatic rings. The summed E-state index contributed by atoms with van der Waals surface area (Å²) >= 11 is 0. The number of hydrogen-bond donors (Lipinski definition) is 1. The molecule has 3 nitrogen and oxygen atoms in total. The molecule has 22 heavy (non-hydrogen) atoms. The molecule has 1 rings (SSSR count). The maximum Gasteiger partial charge on any atom is 0.294 e. The summed E-state index contributed by atoms with van der Waals surface area (Å²) in [4.78, 5) is -0.0398. The summed E-state index contributed by atoms with van der Waals surface area (Å²) in [5.41, 5.74) is 1.12. The Morgan fingerprint density at radius 3 is 1.82 bits per heavy atom. The molecule has 1 N–H and O–H groups in total. The van der Waals surface area contributed by atoms with Crippen LogP contribution in [-0.4, -0.2) is 13.0 Å². The van der Waals surface area contributed by atoms with Crippen molar-refractivity contribution in [1.82, 2.24) is 0 Å². The Morgan fingerprint density at radius 1 is 0.864 bits per heavy atom. The smallest absolute Gasteiger partial charge is 0.282 e. The lowest BCUT2D eigenvalue weighted by atomic mass is 9.84. The summed E-state index contributed by atoms with van der Waals surface area (Å²) in [5, 5.41) is 0. The van der Waals surface area contributed by atoms with Crippen LogP contribution in [0.3, 0.4) is 0 Å². The average molecular weight is 327 g/mol. The molecular formula is C18H30O3S. The zero-order valence-electron chi connectivity index (χ0n) is 14.4. The van der Waals surface area contributed by atoms with Gasteiger partial charge in [-0.2, -0.15) is 8.42 Å². The first-order valence-electron chi connectivity index (χ1n) is 8.17. The molecule has 0 aromatic heterocycles. The SMILES string of the molecule is CC(C)CC(C)CC(C)CC(C)c1ccc(S(=O)(=O)O)cc1. The second-order valence-electron chi connectivity index (χ2n) is 7.26. The van der Waals surface area contributed by atoms with Crippen molar-refractivity contribution in [2.75, 3.05) is 0 Å². The summed E-state index contributed by atoms with van der Waals surface area (Å²) in [7, 11) is -4.10. The lowest BCUT2D eigenvalue weighted by Gasteiger charge is -2.22. The molecule has 0 aliphatic rings. The minimum atomic E-state index is -4.10. The van der Waals surface area contributed by atoms with E-state index in [9.17, 15) is 8.42 Å². The molecule has 0 spiro atoms. The van der Waals surface area contributed by atoms with Crippen molar-refractivity contribution in [2.24, 2.45) is 17.8 Å². The molecular weight excluding hydrogens is 296 g/mol. The Kier molecular flexibility index (Phi) is 7.07. The van der Waals surface area contributed by atoms with Crippen molar-refractivity contribution in [3.63, 3.8) is 0 Å². The molecule has 0 fully saturated rings. The van der Waals surface area contributed by atoms with E-state index in [-0.39, 0.29) is 4.90 Å². The Labute approximate surface area is 135 Å². The van der Waals surface area contributed by atoms with E-state index >= 15 is 0 Å². The van der Waals surface area contributed by atoms with Gasteiger partial charge >= 0.3 is 0 Å². The second-order valence-corrected chi connectivity index (χ2v) is 8.68. The maximum atomic E-state index is 11.1. The first-order valence-corrected chi connectivity index (χ1v) is 9.61. The Morgan fingerprint density at radius 2 is 1.36 bits per heavy atom. The first kappa shape index (κ1) is 19.2. The van der Waals surface area contributed by atoms with Crippen molar-refractivity contribution >= 4 is 10.1 Å². The van der Waals surface area contributed by atoms with E-state index in [1.165, 1.54) is 25.0 Å². The van der Waals surface area contributed by atoms with E-state index in [1.54, 1.807) is 12.1 Å². The lowest BCUT2D eigenvalue weighted by Crippen LogP contribution is -2.09. The van der Waals surface area contributed by atoms with Crippen LogP contribution in [0.4, 0.5) is 0 Å². The summed E-state index contributed by atoms with van der Waals surface area (Å²) in [6, 6.07) is 6.57. The minimum Gasteiger partial charge on any atom is -0.282 e. The Hall–Kier alpha value is -0.870. The van der Waals surface area contributed by atoms with Crippen LogP contribution >= 0.6 is 0 Å². The van der Waals surface area contributed by atoms with Gasteiger partial charge in [0.15, 0.2) is 0 Å². The van der Waals surface area contributed by atoms with Crippen LogP contribution in [0.2, 0.25) is 0 Å². The molecule has 0 saturated carbocycles. The fourth-order valence-corrected chi connectivity index (χ4v) is 3.87. The van der Waals surface area contributed by atoms with Crippen LogP contribution in [0.15, 0.2) is 29.2 Å². The zero-order valence-corrected chi connectivity index (χ0v) is 15.2. The third-order valence-electron chi connectivity index (χ3n) is 4.18. The van der Waals surface area contributed by atoms with Crippen LogP contribution in [0.5, 0.6) is 0 Å². The topological polar surface area (TPSA) is 54.4 Å². The van der Waals surface area contributed by atoms with Gasteiger partial charge in [-0.3, -0.25) is 4.55 Å². The van der Waals surface area contributed by atoms with Gasteiger partial charge in [0.25, 0.3) is 10.1 Å². The van der Waals surface area contributed by atoms with Crippen molar-refractivity contribution < 1.29 is 13.0 Å². The fourth-order valence-electron chi connectivity index (χ4n) is 3.39. The quantitative estimate of drug-likeness (QED) is 0.673. The highest BCUT2D eigenvalue weighted by atomic mass is 32.2. The van der Waals surface area contributed by atoms with Crippen molar-refractivity contribution in [2.45, 2.75) is 64.7 Å². The van der Waals surface area contributed by atoms with E-state index in [0.29, 0.717) is 11.8 Å². The number of hydrogen-bond acceptors (Lipinski definition) is 2. The van der Waals surface area contributed by atoms with Crippen molar-refractivity contribution in [1.29, 1.82) is 0 Å². The minimum absolute atomic E-state index is 0.0398. The molecule has 0 saturated heterocycles. The van der Waals surface area contributed by atoms with E-state index in [2.05, 4.69) is 34.6 Å². The molecule has 0 aliphatic carbocycles. The summed E-state index contributed by atoms with van der Waals surface area (Å²) in [5.74, 6) is 2.51. The number of benzene rings is 1. The second kappa shape index (κ2) is 8.11. The first-order chi connectivity index (χ1) is 10.1. The third kappa shape index (κ3) is 6.49. The fraction of sp³-hybridized carbons (Fsp3) is 0.667. The maximum absolute atomic E-state index is 11.1. The lowest BCUT2D eigenvalue weighted by molar-refractivity contribution is 0.333. The molecule has 0 bridgehead atoms. The third-order valence-corrected chi connectivity index (χ3v) is 5.05. The molecule has 4 heteroatoms. The number of rotatable bonds is 8. The highest BCUT2D eigenvalue weighted by molar-refractivity contribution is 7.85. The Bertz CT molecular complexity index is 546. The predicted octanol–water partition coefficient (Wildman–Crippen LogP) is 5.14. The van der Waals surface area contributed by atoms with Crippen LogP contribution in [0, 0.1) is 17.8 Å². The van der Waals surface area contributed by atoms with Crippen LogP contribution in [-0.2, 0) is 10.1 Å². The van der Waals surface area contributed by atoms with Gasteiger partial charge in [0.2, 0.25) is 0 Å². The van der Waals surface area contributed by atoms with E-state index in [0.717, 1.165) is 23.8 Å². The van der Waals surface area contributed by atoms with Crippen LogP contribution in [0.25, 0.3) is 0 Å². The molecule has 126 valence electrons. The van der Waals surface area contributed by atoms with Crippen molar-refractivity contribution in [3.05, 3.63) is 29.8 Å². The molecule has 0 radical (unpaired) electrons. The van der Waals surface area contributed by atoms with E-state index in [4.69, 9.17) is 4.55 Å². The normalized spacial score (nSPS) is 16.5. The van der Waals surface area contributed by atoms with Gasteiger partial charge in [-0.25, -0.2) is 0 Å². The summed E-state index contributed by atoms with van der Waals surface area (Å²) in [6.07, 6.45) is 3.58. The largest absolute Gasteiger partial charge is 0.294 e. The molecule has 3 atom stereocenters. The van der Waals surface area contributed by atoms with Gasteiger partial charge in [0.05, 0.1) is 4.90 Å². The van der Waals surface area contributed by atoms with Gasteiger partial charge < -0.3 is 0 Å². The average Bonchev–Trinajstić information content (AvgIpc) is 2.36. The van der Waals surface area contributed by atoms with Gasteiger partial charge in [-0.05, 0) is 60.6 Å². The zero-order chi connectivity index (χ0) is 16.9. The van der Waals surface area contributed by atoms with E-state index in [1.807, 2.05) is 0 Å². The highest BCUT2D eigenvalue weighted by Crippen LogP contribution is 2.29. The summed E-state index contributed by atoms with van der Waals surface area (Å²) in [6.45, 7) is 11.3. The van der Waals surface area contributed by atoms with Crippen LogP contribution < -0.4 is 0 Å². The van der Waals surface area contributed by atoms with Gasteiger partial charge in [0.1, 0.15) is 0 Å². The molecule has 0 heterocycles.